The number of carbonyl (C=O) groups excluding carboxylic acids is 2. The number of nitrogens with two attached hydrogens (primary N) is 1. The summed E-state index contributed by atoms with van der Waals surface area (Å²) in [7, 11) is 1.74. The molecule has 6 heteroatoms. The monoisotopic (exact) mass is 382 g/mol. The molecule has 0 fully saturated rings. The van der Waals surface area contributed by atoms with E-state index in [-0.39, 0.29) is 18.4 Å². The molecule has 0 heterocycles. The van der Waals surface area contributed by atoms with Gasteiger partial charge in [-0.1, -0.05) is 60.7 Å². The zero-order chi connectivity index (χ0) is 20.2. The van der Waals surface area contributed by atoms with Crippen LogP contribution in [0.2, 0.25) is 0 Å². The van der Waals surface area contributed by atoms with Crippen LogP contribution in [0.5, 0.6) is 0 Å². The van der Waals surface area contributed by atoms with Gasteiger partial charge in [-0.3, -0.25) is 4.79 Å². The number of carbonyl (C=O) groups is 2. The number of amides is 3. The molecule has 0 radical (unpaired) electrons. The number of rotatable bonds is 10. The molecule has 2 aromatic carbocycles. The van der Waals surface area contributed by atoms with Crippen LogP contribution in [0, 0.1) is 0 Å². The van der Waals surface area contributed by atoms with Crippen LogP contribution in [0.25, 0.3) is 0 Å². The summed E-state index contributed by atoms with van der Waals surface area (Å²) in [5, 5.41) is 2.82. The lowest BCUT2D eigenvalue weighted by atomic mass is 10.2. The molecule has 0 aromatic heterocycles. The van der Waals surface area contributed by atoms with Crippen LogP contribution in [0.15, 0.2) is 60.7 Å². The minimum Gasteiger partial charge on any atom is -0.338 e. The Hall–Kier alpha value is -2.86. The van der Waals surface area contributed by atoms with Crippen LogP contribution >= 0.6 is 0 Å². The van der Waals surface area contributed by atoms with E-state index in [0.717, 1.165) is 17.5 Å². The fraction of sp³-hybridized carbons (Fsp3) is 0.364. The summed E-state index contributed by atoms with van der Waals surface area (Å²) < 4.78 is 0. The van der Waals surface area contributed by atoms with Gasteiger partial charge in [-0.25, -0.2) is 4.79 Å². The fourth-order valence-corrected chi connectivity index (χ4v) is 2.88. The Morgan fingerprint density at radius 1 is 0.929 bits per heavy atom. The zero-order valence-electron chi connectivity index (χ0n) is 16.5. The first-order chi connectivity index (χ1) is 13.6. The molecule has 0 aliphatic carbocycles. The van der Waals surface area contributed by atoms with E-state index in [1.807, 2.05) is 65.6 Å². The summed E-state index contributed by atoms with van der Waals surface area (Å²) >= 11 is 0. The van der Waals surface area contributed by atoms with Gasteiger partial charge in [-0.2, -0.15) is 0 Å². The van der Waals surface area contributed by atoms with E-state index in [9.17, 15) is 9.59 Å². The first-order valence-electron chi connectivity index (χ1n) is 9.65. The molecular formula is C22H30N4O2. The van der Waals surface area contributed by atoms with Crippen molar-refractivity contribution in [3.63, 3.8) is 0 Å². The van der Waals surface area contributed by atoms with Crippen LogP contribution in [-0.4, -0.2) is 48.4 Å². The molecule has 0 bridgehead atoms. The Balaban J connectivity index is 1.79. The summed E-state index contributed by atoms with van der Waals surface area (Å²) in [6.07, 6.45) is 1.02. The quantitative estimate of drug-likeness (QED) is 0.663. The van der Waals surface area contributed by atoms with Crippen LogP contribution < -0.4 is 11.1 Å². The maximum absolute atomic E-state index is 12.6. The van der Waals surface area contributed by atoms with Gasteiger partial charge in [0.2, 0.25) is 5.91 Å². The third-order valence-corrected chi connectivity index (χ3v) is 4.43. The van der Waals surface area contributed by atoms with Gasteiger partial charge in [-0.05, 0) is 24.1 Å². The van der Waals surface area contributed by atoms with Gasteiger partial charge in [-0.15, -0.1) is 0 Å². The minimum atomic E-state index is -0.187. The van der Waals surface area contributed by atoms with Gasteiger partial charge in [0.1, 0.15) is 0 Å². The second kappa shape index (κ2) is 11.8. The average Bonchev–Trinajstić information content (AvgIpc) is 2.72. The average molecular weight is 383 g/mol. The number of benzene rings is 2. The van der Waals surface area contributed by atoms with E-state index < -0.39 is 0 Å². The predicted octanol–water partition coefficient (Wildman–Crippen LogP) is 2.60. The Morgan fingerprint density at radius 3 is 2.07 bits per heavy atom. The lowest BCUT2D eigenvalue weighted by molar-refractivity contribution is -0.131. The molecule has 0 aliphatic heterocycles. The molecule has 28 heavy (non-hydrogen) atoms. The van der Waals surface area contributed by atoms with Crippen molar-refractivity contribution in [2.24, 2.45) is 5.73 Å². The van der Waals surface area contributed by atoms with Crippen LogP contribution in [-0.2, 0) is 17.9 Å². The Kier molecular flexibility index (Phi) is 9.01. The normalized spacial score (nSPS) is 10.4. The number of nitrogens with one attached hydrogen (secondary N) is 1. The molecule has 2 rings (SSSR count). The SMILES string of the molecule is CN(Cc1ccccc1)C(=O)NCCC(=O)N(CCCN)Cc1ccccc1. The third kappa shape index (κ3) is 7.40. The summed E-state index contributed by atoms with van der Waals surface area (Å²) in [6, 6.07) is 19.5. The predicted molar refractivity (Wildman–Crippen MR) is 111 cm³/mol. The molecule has 0 saturated heterocycles. The molecule has 150 valence electrons. The van der Waals surface area contributed by atoms with E-state index >= 15 is 0 Å². The van der Waals surface area contributed by atoms with Crippen LogP contribution in [0.3, 0.4) is 0 Å². The van der Waals surface area contributed by atoms with Crippen molar-refractivity contribution >= 4 is 11.9 Å². The molecule has 0 spiro atoms. The third-order valence-electron chi connectivity index (χ3n) is 4.43. The smallest absolute Gasteiger partial charge is 0.317 e. The maximum atomic E-state index is 12.6. The van der Waals surface area contributed by atoms with Crippen molar-refractivity contribution in [1.29, 1.82) is 0 Å². The molecule has 0 atom stereocenters. The second-order valence-electron chi connectivity index (χ2n) is 6.77. The lowest BCUT2D eigenvalue weighted by Gasteiger charge is -2.23. The minimum absolute atomic E-state index is 0.0170. The van der Waals surface area contributed by atoms with Crippen molar-refractivity contribution in [1.82, 2.24) is 15.1 Å². The second-order valence-corrected chi connectivity index (χ2v) is 6.77. The summed E-state index contributed by atoms with van der Waals surface area (Å²) in [4.78, 5) is 28.3. The Bertz CT molecular complexity index is 722. The zero-order valence-corrected chi connectivity index (χ0v) is 16.5. The van der Waals surface area contributed by atoms with Gasteiger partial charge in [0.05, 0.1) is 0 Å². The highest BCUT2D eigenvalue weighted by Gasteiger charge is 2.15. The van der Waals surface area contributed by atoms with E-state index in [0.29, 0.717) is 32.7 Å². The van der Waals surface area contributed by atoms with Crippen molar-refractivity contribution in [3.05, 3.63) is 71.8 Å². The maximum Gasteiger partial charge on any atom is 0.317 e. The van der Waals surface area contributed by atoms with Crippen molar-refractivity contribution in [3.8, 4) is 0 Å². The number of hydrogen-bond acceptors (Lipinski definition) is 3. The van der Waals surface area contributed by atoms with Crippen LogP contribution in [0.4, 0.5) is 4.79 Å². The highest BCUT2D eigenvalue weighted by molar-refractivity contribution is 5.78. The summed E-state index contributed by atoms with van der Waals surface area (Å²) in [5.74, 6) is 0.0170. The lowest BCUT2D eigenvalue weighted by Crippen LogP contribution is -2.39. The highest BCUT2D eigenvalue weighted by atomic mass is 16.2. The Morgan fingerprint density at radius 2 is 1.50 bits per heavy atom. The van der Waals surface area contributed by atoms with Crippen LogP contribution in [0.1, 0.15) is 24.0 Å². The van der Waals surface area contributed by atoms with Gasteiger partial charge >= 0.3 is 6.03 Å². The summed E-state index contributed by atoms with van der Waals surface area (Å²) in [5.41, 5.74) is 7.75. The molecule has 2 aromatic rings. The topological polar surface area (TPSA) is 78.7 Å². The molecule has 6 nitrogen and oxygen atoms in total. The van der Waals surface area contributed by atoms with Crippen molar-refractivity contribution in [2.45, 2.75) is 25.9 Å². The van der Waals surface area contributed by atoms with E-state index in [4.69, 9.17) is 5.73 Å². The van der Waals surface area contributed by atoms with E-state index in [1.165, 1.54) is 0 Å². The van der Waals surface area contributed by atoms with Crippen molar-refractivity contribution in [2.75, 3.05) is 26.7 Å². The molecule has 3 amide bonds. The number of nitrogens with zero attached hydrogens (tertiary/aromatic N) is 2. The molecular weight excluding hydrogens is 352 g/mol. The van der Waals surface area contributed by atoms with Gasteiger partial charge < -0.3 is 20.9 Å². The number of urea groups is 1. The largest absolute Gasteiger partial charge is 0.338 e. The van der Waals surface area contributed by atoms with E-state index in [1.54, 1.807) is 11.9 Å². The van der Waals surface area contributed by atoms with Crippen molar-refractivity contribution < 1.29 is 9.59 Å². The summed E-state index contributed by atoms with van der Waals surface area (Å²) in [6.45, 7) is 2.55. The Labute approximate surface area is 167 Å². The molecule has 0 aliphatic rings. The molecule has 0 unspecified atom stereocenters. The molecule has 3 N–H and O–H groups in total. The van der Waals surface area contributed by atoms with Gasteiger partial charge in [0.25, 0.3) is 0 Å². The van der Waals surface area contributed by atoms with E-state index in [2.05, 4.69) is 5.32 Å². The highest BCUT2D eigenvalue weighted by Crippen LogP contribution is 2.07. The number of hydrogen-bond donors (Lipinski definition) is 2. The first-order valence-corrected chi connectivity index (χ1v) is 9.65. The molecule has 0 saturated carbocycles. The fourth-order valence-electron chi connectivity index (χ4n) is 2.88. The first kappa shape index (κ1) is 21.4. The standard InChI is InChI=1S/C22H30N4O2/c1-25(17-19-9-4-2-5-10-19)22(28)24-15-13-21(27)26(16-8-14-23)18-20-11-6-3-7-12-20/h2-7,9-12H,8,13-18,23H2,1H3,(H,24,28). The van der Waals surface area contributed by atoms with Gasteiger partial charge in [0.15, 0.2) is 0 Å². The van der Waals surface area contributed by atoms with Gasteiger partial charge in [0, 0.05) is 39.6 Å².